The third-order valence-corrected chi connectivity index (χ3v) is 3.13. The predicted octanol–water partition coefficient (Wildman–Crippen LogP) is 1.90. The van der Waals surface area contributed by atoms with Gasteiger partial charge in [-0.2, -0.15) is 0 Å². The molecule has 0 radical (unpaired) electrons. The summed E-state index contributed by atoms with van der Waals surface area (Å²) < 4.78 is 7.15. The summed E-state index contributed by atoms with van der Waals surface area (Å²) in [6.07, 6.45) is 1.64. The molecule has 0 fully saturated rings. The molecule has 22 heavy (non-hydrogen) atoms. The van der Waals surface area contributed by atoms with E-state index in [1.54, 1.807) is 34.9 Å². The Morgan fingerprint density at radius 3 is 2.86 bits per heavy atom. The lowest BCUT2D eigenvalue weighted by molar-refractivity contribution is 0.0693. The van der Waals surface area contributed by atoms with Gasteiger partial charge in [0, 0.05) is 18.0 Å². The molecule has 112 valence electrons. The van der Waals surface area contributed by atoms with Crippen molar-refractivity contribution in [2.75, 3.05) is 5.73 Å². The van der Waals surface area contributed by atoms with Crippen molar-refractivity contribution in [2.45, 2.75) is 6.61 Å². The number of nitrogen functional groups attached to an aromatic ring is 1. The van der Waals surface area contributed by atoms with Crippen molar-refractivity contribution < 1.29 is 19.7 Å². The van der Waals surface area contributed by atoms with Crippen molar-refractivity contribution in [2.24, 2.45) is 0 Å². The van der Waals surface area contributed by atoms with Crippen LogP contribution in [0.25, 0.3) is 5.52 Å². The summed E-state index contributed by atoms with van der Waals surface area (Å²) in [5, 5.41) is 18.6. The molecule has 2 aromatic heterocycles. The van der Waals surface area contributed by atoms with Crippen LogP contribution in [0.3, 0.4) is 0 Å². The van der Waals surface area contributed by atoms with E-state index in [1.807, 2.05) is 0 Å². The van der Waals surface area contributed by atoms with Crippen molar-refractivity contribution in [1.82, 2.24) is 9.38 Å². The second-order valence-electron chi connectivity index (χ2n) is 4.68. The number of anilines is 1. The summed E-state index contributed by atoms with van der Waals surface area (Å²) in [6.45, 7) is 0.0574. The lowest BCUT2D eigenvalue weighted by atomic mass is 10.3. The molecule has 4 N–H and O–H groups in total. The molecule has 2 heterocycles. The maximum Gasteiger partial charge on any atom is 0.356 e. The van der Waals surface area contributed by atoms with Gasteiger partial charge >= 0.3 is 5.97 Å². The number of carboxylic acid groups (broad SMARTS) is 1. The quantitative estimate of drug-likeness (QED) is 0.678. The van der Waals surface area contributed by atoms with Crippen LogP contribution < -0.4 is 10.5 Å². The highest BCUT2D eigenvalue weighted by Crippen LogP contribution is 2.21. The monoisotopic (exact) mass is 299 g/mol. The highest BCUT2D eigenvalue weighted by molar-refractivity contribution is 5.94. The van der Waals surface area contributed by atoms with Gasteiger partial charge in [-0.3, -0.25) is 4.40 Å². The molecule has 0 saturated carbocycles. The number of aromatic hydroxyl groups is 1. The second-order valence-corrected chi connectivity index (χ2v) is 4.68. The van der Waals surface area contributed by atoms with Crippen molar-refractivity contribution in [1.29, 1.82) is 0 Å². The van der Waals surface area contributed by atoms with Gasteiger partial charge in [-0.1, -0.05) is 6.07 Å². The Kier molecular flexibility index (Phi) is 3.30. The Balaban J connectivity index is 1.95. The fourth-order valence-corrected chi connectivity index (χ4v) is 2.14. The van der Waals surface area contributed by atoms with Crippen molar-refractivity contribution in [3.05, 3.63) is 54.1 Å². The Hall–Kier alpha value is -3.22. The van der Waals surface area contributed by atoms with Gasteiger partial charge in [-0.25, -0.2) is 9.78 Å². The number of phenols is 1. The number of nitrogens with two attached hydrogens (primary N) is 1. The third kappa shape index (κ3) is 2.51. The van der Waals surface area contributed by atoms with Crippen LogP contribution in [0.1, 0.15) is 16.3 Å². The number of pyridine rings is 1. The van der Waals surface area contributed by atoms with E-state index < -0.39 is 5.97 Å². The number of hydrogen-bond donors (Lipinski definition) is 3. The van der Waals surface area contributed by atoms with Crippen LogP contribution >= 0.6 is 0 Å². The number of nitrogens with zero attached hydrogens (tertiary/aromatic N) is 2. The number of fused-ring (bicyclic) bond motifs is 1. The van der Waals surface area contributed by atoms with E-state index in [-0.39, 0.29) is 18.1 Å². The molecule has 0 aliphatic rings. The van der Waals surface area contributed by atoms with Crippen LogP contribution in [0.2, 0.25) is 0 Å². The molecular weight excluding hydrogens is 286 g/mol. The Morgan fingerprint density at radius 1 is 1.32 bits per heavy atom. The van der Waals surface area contributed by atoms with Crippen LogP contribution in [0.15, 0.2) is 42.6 Å². The zero-order valence-electron chi connectivity index (χ0n) is 11.4. The van der Waals surface area contributed by atoms with Crippen LogP contribution in [0.4, 0.5) is 5.69 Å². The first-order valence-electron chi connectivity index (χ1n) is 6.46. The Morgan fingerprint density at radius 2 is 2.14 bits per heavy atom. The van der Waals surface area contributed by atoms with E-state index >= 15 is 0 Å². The predicted molar refractivity (Wildman–Crippen MR) is 79.0 cm³/mol. The van der Waals surface area contributed by atoms with Gasteiger partial charge in [0.15, 0.2) is 11.5 Å². The number of ether oxygens (including phenoxy) is 1. The summed E-state index contributed by atoms with van der Waals surface area (Å²) in [7, 11) is 0. The van der Waals surface area contributed by atoms with Gasteiger partial charge in [-0.15, -0.1) is 0 Å². The maximum absolute atomic E-state index is 11.3. The Bertz CT molecular complexity index is 857. The number of aromatic nitrogens is 2. The number of phenolic OH excluding ortho intramolecular Hbond substituents is 1. The molecular formula is C15H13N3O4. The number of benzene rings is 1. The largest absolute Gasteiger partial charge is 0.508 e. The Labute approximate surface area is 125 Å². The number of carboxylic acids is 1. The zero-order chi connectivity index (χ0) is 15.7. The number of imidazole rings is 1. The highest BCUT2D eigenvalue weighted by atomic mass is 16.5. The lowest BCUT2D eigenvalue weighted by Crippen LogP contribution is -2.01. The molecule has 7 nitrogen and oxygen atoms in total. The van der Waals surface area contributed by atoms with E-state index in [4.69, 9.17) is 10.5 Å². The van der Waals surface area contributed by atoms with Crippen LogP contribution in [0.5, 0.6) is 11.5 Å². The fourth-order valence-electron chi connectivity index (χ4n) is 2.14. The zero-order valence-corrected chi connectivity index (χ0v) is 11.4. The topological polar surface area (TPSA) is 110 Å². The third-order valence-electron chi connectivity index (χ3n) is 3.13. The fraction of sp³-hybridized carbons (Fsp3) is 0.0667. The number of hydrogen-bond acceptors (Lipinski definition) is 5. The molecule has 0 aliphatic carbocycles. The van der Waals surface area contributed by atoms with Gasteiger partial charge in [0.1, 0.15) is 18.1 Å². The van der Waals surface area contributed by atoms with Crippen LogP contribution in [-0.2, 0) is 6.61 Å². The summed E-state index contributed by atoms with van der Waals surface area (Å²) in [6, 6.07) is 9.53. The second kappa shape index (κ2) is 5.28. The molecule has 0 amide bonds. The lowest BCUT2D eigenvalue weighted by Gasteiger charge is -2.06. The minimum absolute atomic E-state index is 0.0574. The molecule has 0 aliphatic heterocycles. The van der Waals surface area contributed by atoms with Crippen LogP contribution in [0, 0.1) is 0 Å². The molecule has 0 atom stereocenters. The van der Waals surface area contributed by atoms with Crippen molar-refractivity contribution in [3.8, 4) is 11.5 Å². The van der Waals surface area contributed by atoms with Gasteiger partial charge < -0.3 is 20.7 Å². The summed E-state index contributed by atoms with van der Waals surface area (Å²) >= 11 is 0. The first-order valence-corrected chi connectivity index (χ1v) is 6.46. The molecule has 0 spiro atoms. The van der Waals surface area contributed by atoms with E-state index in [2.05, 4.69) is 4.98 Å². The van der Waals surface area contributed by atoms with Crippen molar-refractivity contribution in [3.63, 3.8) is 0 Å². The summed E-state index contributed by atoms with van der Waals surface area (Å²) in [4.78, 5) is 15.4. The van der Waals surface area contributed by atoms with E-state index in [0.29, 0.717) is 22.8 Å². The van der Waals surface area contributed by atoms with Gasteiger partial charge in [0.2, 0.25) is 0 Å². The summed E-state index contributed by atoms with van der Waals surface area (Å²) in [5.74, 6) is -0.156. The first-order chi connectivity index (χ1) is 10.5. The van der Waals surface area contributed by atoms with Gasteiger partial charge in [-0.05, 0) is 24.3 Å². The highest BCUT2D eigenvalue weighted by Gasteiger charge is 2.17. The minimum Gasteiger partial charge on any atom is -0.508 e. The average molecular weight is 299 g/mol. The van der Waals surface area contributed by atoms with Gasteiger partial charge in [0.25, 0.3) is 0 Å². The number of carbonyl (C=O) groups is 1. The maximum atomic E-state index is 11.3. The number of aromatic carboxylic acids is 1. The normalized spacial score (nSPS) is 10.7. The first kappa shape index (κ1) is 13.7. The number of rotatable bonds is 4. The molecule has 7 heteroatoms. The molecule has 0 unspecified atom stereocenters. The smallest absolute Gasteiger partial charge is 0.356 e. The van der Waals surface area contributed by atoms with Crippen molar-refractivity contribution >= 4 is 17.2 Å². The molecule has 0 bridgehead atoms. The van der Waals surface area contributed by atoms with Gasteiger partial charge in [0.05, 0.1) is 5.52 Å². The van der Waals surface area contributed by atoms with E-state index in [9.17, 15) is 15.0 Å². The molecule has 0 saturated heterocycles. The molecule has 1 aromatic carbocycles. The molecule has 3 rings (SSSR count). The average Bonchev–Trinajstić information content (AvgIpc) is 2.83. The summed E-state index contributed by atoms with van der Waals surface area (Å²) in [5.41, 5.74) is 6.47. The minimum atomic E-state index is -1.13. The molecule has 3 aromatic rings. The SMILES string of the molecule is Nc1ccn2c(COc3cccc(O)c3)nc(C(=O)O)c2c1. The van der Waals surface area contributed by atoms with E-state index in [1.165, 1.54) is 12.1 Å². The van der Waals surface area contributed by atoms with E-state index in [0.717, 1.165) is 0 Å². The van der Waals surface area contributed by atoms with Crippen LogP contribution in [-0.4, -0.2) is 25.6 Å². The standard InChI is InChI=1S/C15H13N3O4/c16-9-4-5-18-12(6-9)14(15(20)21)17-13(18)8-22-11-3-1-2-10(19)7-11/h1-7,19H,8,16H2,(H,20,21).